The van der Waals surface area contributed by atoms with E-state index in [0.717, 1.165) is 15.6 Å². The summed E-state index contributed by atoms with van der Waals surface area (Å²) in [7, 11) is 1.30. The van der Waals surface area contributed by atoms with Crippen LogP contribution in [0.15, 0.2) is 76.8 Å². The summed E-state index contributed by atoms with van der Waals surface area (Å²) < 4.78 is 11.5. The lowest BCUT2D eigenvalue weighted by molar-refractivity contribution is -0.112. The van der Waals surface area contributed by atoms with Gasteiger partial charge in [0.2, 0.25) is 0 Å². The highest BCUT2D eigenvalue weighted by molar-refractivity contribution is 9.10. The Bertz CT molecular complexity index is 1260. The smallest absolute Gasteiger partial charge is 0.337 e. The number of hydrogen-bond acceptors (Lipinski definition) is 5. The van der Waals surface area contributed by atoms with Gasteiger partial charge < -0.3 is 14.8 Å². The van der Waals surface area contributed by atoms with Crippen LogP contribution in [0, 0.1) is 11.3 Å². The van der Waals surface area contributed by atoms with Gasteiger partial charge in [0.05, 0.1) is 19.3 Å². The summed E-state index contributed by atoms with van der Waals surface area (Å²) in [5.41, 5.74) is 3.56. The summed E-state index contributed by atoms with van der Waals surface area (Å²) in [6, 6.07) is 21.8. The predicted molar refractivity (Wildman–Crippen MR) is 135 cm³/mol. The number of carbonyl (C=O) groups is 2. The van der Waals surface area contributed by atoms with Crippen molar-refractivity contribution >= 4 is 39.6 Å². The van der Waals surface area contributed by atoms with E-state index in [4.69, 9.17) is 4.74 Å². The second-order valence-corrected chi connectivity index (χ2v) is 8.12. The third-order valence-corrected chi connectivity index (χ3v) is 5.74. The minimum Gasteiger partial charge on any atom is -0.494 e. The van der Waals surface area contributed by atoms with Gasteiger partial charge in [-0.2, -0.15) is 5.26 Å². The largest absolute Gasteiger partial charge is 0.494 e. The Kier molecular flexibility index (Phi) is 8.60. The molecule has 172 valence electrons. The summed E-state index contributed by atoms with van der Waals surface area (Å²) in [4.78, 5) is 24.2. The van der Waals surface area contributed by atoms with Crippen molar-refractivity contribution in [1.29, 1.82) is 5.26 Å². The zero-order valence-corrected chi connectivity index (χ0v) is 20.4. The van der Waals surface area contributed by atoms with Gasteiger partial charge in [-0.3, -0.25) is 4.79 Å². The maximum atomic E-state index is 12.6. The third-order valence-electron chi connectivity index (χ3n) is 4.97. The number of carbonyl (C=O) groups excluding carboxylic acids is 2. The molecule has 0 heterocycles. The van der Waals surface area contributed by atoms with Gasteiger partial charge in [-0.15, -0.1) is 0 Å². The molecule has 0 unspecified atom stereocenters. The van der Waals surface area contributed by atoms with Crippen LogP contribution in [-0.4, -0.2) is 25.6 Å². The Labute approximate surface area is 207 Å². The minimum absolute atomic E-state index is 0.0574. The number of benzene rings is 3. The van der Waals surface area contributed by atoms with Gasteiger partial charge in [-0.25, -0.2) is 4.79 Å². The number of nitriles is 1. The molecule has 7 heteroatoms. The molecule has 0 spiro atoms. The van der Waals surface area contributed by atoms with Crippen molar-refractivity contribution < 1.29 is 19.1 Å². The molecule has 0 aliphatic rings. The standard InChI is InChI=1S/C27H23BrN2O4/c1-3-34-25-15-18(8-9-21(25)16-20-6-4-5-7-24(20)28)14-22(17-29)26(31)30-23-12-10-19(11-13-23)27(32)33-2/h4-15H,3,16H2,1-2H3,(H,30,31)/b22-14+. The van der Waals surface area contributed by atoms with E-state index in [9.17, 15) is 14.9 Å². The Morgan fingerprint density at radius 3 is 2.44 bits per heavy atom. The van der Waals surface area contributed by atoms with E-state index in [1.165, 1.54) is 25.3 Å². The topological polar surface area (TPSA) is 88.4 Å². The van der Waals surface area contributed by atoms with Crippen LogP contribution >= 0.6 is 15.9 Å². The molecule has 0 saturated heterocycles. The molecule has 34 heavy (non-hydrogen) atoms. The number of halogens is 1. The van der Waals surface area contributed by atoms with Crippen molar-refractivity contribution in [1.82, 2.24) is 0 Å². The summed E-state index contributed by atoms with van der Waals surface area (Å²) in [5, 5.41) is 12.2. The lowest BCUT2D eigenvalue weighted by Crippen LogP contribution is -2.13. The number of nitrogens with one attached hydrogen (secondary N) is 1. The molecule has 0 bridgehead atoms. The fourth-order valence-corrected chi connectivity index (χ4v) is 3.69. The summed E-state index contributed by atoms with van der Waals surface area (Å²) >= 11 is 3.58. The predicted octanol–water partition coefficient (Wildman–Crippen LogP) is 5.77. The first-order valence-electron chi connectivity index (χ1n) is 10.6. The minimum atomic E-state index is -0.552. The van der Waals surface area contributed by atoms with Gasteiger partial charge in [-0.05, 0) is 66.1 Å². The van der Waals surface area contributed by atoms with Gasteiger partial charge >= 0.3 is 5.97 Å². The fourth-order valence-electron chi connectivity index (χ4n) is 3.26. The van der Waals surface area contributed by atoms with E-state index in [-0.39, 0.29) is 5.57 Å². The van der Waals surface area contributed by atoms with Crippen molar-refractivity contribution in [2.24, 2.45) is 0 Å². The first kappa shape index (κ1) is 24.7. The van der Waals surface area contributed by atoms with Crippen LogP contribution in [0.4, 0.5) is 5.69 Å². The molecule has 0 aliphatic carbocycles. The van der Waals surface area contributed by atoms with Gasteiger partial charge in [0.25, 0.3) is 5.91 Å². The van der Waals surface area contributed by atoms with Crippen molar-refractivity contribution in [2.75, 3.05) is 19.0 Å². The van der Waals surface area contributed by atoms with Gasteiger partial charge in [0.1, 0.15) is 17.4 Å². The van der Waals surface area contributed by atoms with Gasteiger partial charge in [0.15, 0.2) is 0 Å². The lowest BCUT2D eigenvalue weighted by Gasteiger charge is -2.12. The molecule has 0 saturated carbocycles. The Morgan fingerprint density at radius 2 is 1.79 bits per heavy atom. The summed E-state index contributed by atoms with van der Waals surface area (Å²) in [5.74, 6) is -0.324. The second kappa shape index (κ2) is 11.8. The second-order valence-electron chi connectivity index (χ2n) is 7.26. The van der Waals surface area contributed by atoms with Crippen LogP contribution < -0.4 is 10.1 Å². The number of anilines is 1. The van der Waals surface area contributed by atoms with Crippen LogP contribution in [0.2, 0.25) is 0 Å². The first-order valence-corrected chi connectivity index (χ1v) is 11.3. The molecular formula is C27H23BrN2O4. The Hall–Kier alpha value is -3.89. The van der Waals surface area contributed by atoms with Crippen molar-refractivity contribution in [3.8, 4) is 11.8 Å². The van der Waals surface area contributed by atoms with Crippen molar-refractivity contribution in [2.45, 2.75) is 13.3 Å². The number of ether oxygens (including phenoxy) is 2. The van der Waals surface area contributed by atoms with E-state index in [0.29, 0.717) is 35.6 Å². The summed E-state index contributed by atoms with van der Waals surface area (Å²) in [6.45, 7) is 2.40. The molecule has 0 aliphatic heterocycles. The molecule has 0 aromatic heterocycles. The lowest BCUT2D eigenvalue weighted by atomic mass is 10.0. The average Bonchev–Trinajstić information content (AvgIpc) is 2.85. The molecule has 0 fully saturated rings. The van der Waals surface area contributed by atoms with Crippen LogP contribution in [0.25, 0.3) is 6.08 Å². The highest BCUT2D eigenvalue weighted by atomic mass is 79.9. The molecule has 6 nitrogen and oxygen atoms in total. The zero-order valence-electron chi connectivity index (χ0n) is 18.8. The summed E-state index contributed by atoms with van der Waals surface area (Å²) in [6.07, 6.45) is 2.19. The van der Waals surface area contributed by atoms with Gasteiger partial charge in [0, 0.05) is 16.6 Å². The maximum Gasteiger partial charge on any atom is 0.337 e. The number of esters is 1. The molecule has 0 radical (unpaired) electrons. The average molecular weight is 519 g/mol. The number of amides is 1. The Balaban J connectivity index is 1.81. The van der Waals surface area contributed by atoms with E-state index in [2.05, 4.69) is 26.0 Å². The third kappa shape index (κ3) is 6.33. The number of hydrogen-bond donors (Lipinski definition) is 1. The highest BCUT2D eigenvalue weighted by Gasteiger charge is 2.13. The molecule has 3 rings (SSSR count). The van der Waals surface area contributed by atoms with Gasteiger partial charge in [-0.1, -0.05) is 46.3 Å². The number of methoxy groups -OCH3 is 1. The monoisotopic (exact) mass is 518 g/mol. The normalized spacial score (nSPS) is 10.8. The van der Waals surface area contributed by atoms with Crippen LogP contribution in [0.1, 0.15) is 34.0 Å². The number of rotatable bonds is 8. The van der Waals surface area contributed by atoms with Crippen LogP contribution in [0.5, 0.6) is 5.75 Å². The molecular weight excluding hydrogens is 496 g/mol. The number of nitrogens with zero attached hydrogens (tertiary/aromatic N) is 1. The molecule has 3 aromatic carbocycles. The molecule has 1 amide bonds. The molecule has 1 N–H and O–H groups in total. The van der Waals surface area contributed by atoms with Crippen molar-refractivity contribution in [3.05, 3.63) is 99.0 Å². The van der Waals surface area contributed by atoms with E-state index in [1.54, 1.807) is 12.1 Å². The Morgan fingerprint density at radius 1 is 1.06 bits per heavy atom. The highest BCUT2D eigenvalue weighted by Crippen LogP contribution is 2.27. The SMILES string of the molecule is CCOc1cc(/C=C(\C#N)C(=O)Nc2ccc(C(=O)OC)cc2)ccc1Cc1ccccc1Br. The maximum absolute atomic E-state index is 12.6. The first-order chi connectivity index (χ1) is 16.4. The van der Waals surface area contributed by atoms with Crippen LogP contribution in [-0.2, 0) is 16.0 Å². The zero-order chi connectivity index (χ0) is 24.5. The molecule has 3 aromatic rings. The fraction of sp³-hybridized carbons (Fsp3) is 0.148. The van der Waals surface area contributed by atoms with Crippen LogP contribution in [0.3, 0.4) is 0 Å². The van der Waals surface area contributed by atoms with E-state index in [1.807, 2.05) is 55.5 Å². The van der Waals surface area contributed by atoms with E-state index >= 15 is 0 Å². The molecule has 0 atom stereocenters. The van der Waals surface area contributed by atoms with E-state index < -0.39 is 11.9 Å². The van der Waals surface area contributed by atoms with Crippen molar-refractivity contribution in [3.63, 3.8) is 0 Å². The quantitative estimate of drug-likeness (QED) is 0.232.